The highest BCUT2D eigenvalue weighted by atomic mass is 16.7. The Labute approximate surface area is 136 Å². The van der Waals surface area contributed by atoms with E-state index in [1.54, 1.807) is 0 Å². The van der Waals surface area contributed by atoms with Crippen molar-refractivity contribution in [2.45, 2.75) is 53.2 Å². The molecule has 2 atom stereocenters. The Morgan fingerprint density at radius 1 is 1.05 bits per heavy atom. The minimum atomic E-state index is 0. The molecular weight excluding hydrogens is 270 g/mol. The number of benzene rings is 1. The van der Waals surface area contributed by atoms with E-state index in [0.29, 0.717) is 5.92 Å². The molecule has 0 heterocycles. The predicted octanol–water partition coefficient (Wildman–Crippen LogP) is 5.55. The number of hydrogen-bond acceptors (Lipinski definition) is 2. The van der Waals surface area contributed by atoms with Crippen molar-refractivity contribution >= 4 is 0 Å². The molecule has 1 aromatic rings. The molecule has 2 nitrogen and oxygen atoms in total. The van der Waals surface area contributed by atoms with E-state index in [9.17, 15) is 0 Å². The third kappa shape index (κ3) is 4.82. The Bertz CT molecular complexity index is 490. The van der Waals surface area contributed by atoms with Crippen LogP contribution >= 0.6 is 0 Å². The van der Waals surface area contributed by atoms with Crippen LogP contribution in [0.5, 0.6) is 0 Å². The van der Waals surface area contributed by atoms with Crippen LogP contribution < -0.4 is 0 Å². The first-order valence-corrected chi connectivity index (χ1v) is 7.90. The Hall–Kier alpha value is -1.38. The second-order valence-electron chi connectivity index (χ2n) is 6.08. The highest BCUT2D eigenvalue weighted by molar-refractivity contribution is 5.25. The molecule has 0 spiro atoms. The maximum atomic E-state index is 6.18. The Morgan fingerprint density at radius 3 is 2.27 bits per heavy atom. The summed E-state index contributed by atoms with van der Waals surface area (Å²) in [4.78, 5) is 6.18. The van der Waals surface area contributed by atoms with Crippen molar-refractivity contribution in [1.29, 1.82) is 0 Å². The summed E-state index contributed by atoms with van der Waals surface area (Å²) in [5.41, 5.74) is 2.58. The van der Waals surface area contributed by atoms with Gasteiger partial charge < -0.3 is 0 Å². The van der Waals surface area contributed by atoms with Crippen LogP contribution in [0.2, 0.25) is 0 Å². The molecule has 0 fully saturated rings. The molecule has 1 aromatic carbocycles. The van der Waals surface area contributed by atoms with Gasteiger partial charge in [0.05, 0.1) is 6.04 Å². The third-order valence-corrected chi connectivity index (χ3v) is 3.98. The maximum absolute atomic E-state index is 6.18. The summed E-state index contributed by atoms with van der Waals surface area (Å²) in [5, 5.41) is 2.02. The summed E-state index contributed by atoms with van der Waals surface area (Å²) < 4.78 is 0. The summed E-state index contributed by atoms with van der Waals surface area (Å²) in [6, 6.07) is 10.9. The quantitative estimate of drug-likeness (QED) is 0.639. The van der Waals surface area contributed by atoms with Gasteiger partial charge in [0.15, 0.2) is 0 Å². The molecule has 1 aliphatic rings. The van der Waals surface area contributed by atoms with Crippen LogP contribution in [-0.2, 0) is 4.84 Å². The minimum Gasteiger partial charge on any atom is -0.291 e. The average molecular weight is 301 g/mol. The fraction of sp³-hybridized carbons (Fsp3) is 0.500. The van der Waals surface area contributed by atoms with E-state index in [1.807, 2.05) is 12.1 Å². The van der Waals surface area contributed by atoms with Crippen LogP contribution in [0.3, 0.4) is 0 Å². The SMILES string of the molecule is C.CC(ON(C)C(c1ccccc1)C(C)C)C1=CCCC=C1. The lowest BCUT2D eigenvalue weighted by molar-refractivity contribution is -0.199. The fourth-order valence-corrected chi connectivity index (χ4v) is 2.98. The van der Waals surface area contributed by atoms with Crippen molar-refractivity contribution in [3.8, 4) is 0 Å². The smallest absolute Gasteiger partial charge is 0.101 e. The molecule has 22 heavy (non-hydrogen) atoms. The highest BCUT2D eigenvalue weighted by Gasteiger charge is 2.23. The Balaban J connectivity index is 0.00000242. The monoisotopic (exact) mass is 301 g/mol. The topological polar surface area (TPSA) is 12.5 Å². The van der Waals surface area contributed by atoms with Crippen LogP contribution in [0, 0.1) is 5.92 Å². The molecule has 1 aliphatic carbocycles. The number of nitrogens with zero attached hydrogens (tertiary/aromatic N) is 1. The average Bonchev–Trinajstić information content (AvgIpc) is 2.49. The highest BCUT2D eigenvalue weighted by Crippen LogP contribution is 2.29. The molecule has 0 aromatic heterocycles. The molecule has 0 saturated carbocycles. The molecule has 0 bridgehead atoms. The lowest BCUT2D eigenvalue weighted by Crippen LogP contribution is -2.32. The van der Waals surface area contributed by atoms with Crippen LogP contribution in [0.15, 0.2) is 54.1 Å². The van der Waals surface area contributed by atoms with Crippen molar-refractivity contribution in [2.75, 3.05) is 7.05 Å². The summed E-state index contributed by atoms with van der Waals surface area (Å²) >= 11 is 0. The van der Waals surface area contributed by atoms with Crippen LogP contribution in [0.4, 0.5) is 0 Å². The summed E-state index contributed by atoms with van der Waals surface area (Å²) in [6.45, 7) is 6.60. The van der Waals surface area contributed by atoms with E-state index >= 15 is 0 Å². The first kappa shape index (κ1) is 18.7. The molecule has 122 valence electrons. The second-order valence-corrected chi connectivity index (χ2v) is 6.08. The van der Waals surface area contributed by atoms with Gasteiger partial charge in [-0.05, 0) is 36.8 Å². The van der Waals surface area contributed by atoms with Crippen molar-refractivity contribution in [3.05, 3.63) is 59.7 Å². The summed E-state index contributed by atoms with van der Waals surface area (Å²) in [6.07, 6.45) is 9.06. The summed E-state index contributed by atoms with van der Waals surface area (Å²) in [5.74, 6) is 0.487. The molecule has 2 rings (SSSR count). The van der Waals surface area contributed by atoms with E-state index in [0.717, 1.165) is 12.8 Å². The molecule has 0 N–H and O–H groups in total. The second kappa shape index (κ2) is 8.92. The minimum absolute atomic E-state index is 0. The van der Waals surface area contributed by atoms with E-state index in [4.69, 9.17) is 4.84 Å². The Kier molecular flexibility index (Phi) is 7.57. The molecule has 0 aliphatic heterocycles. The molecular formula is C20H31NO. The number of rotatable bonds is 6. The van der Waals surface area contributed by atoms with Gasteiger partial charge in [0, 0.05) is 7.05 Å². The van der Waals surface area contributed by atoms with Gasteiger partial charge in [-0.25, -0.2) is 0 Å². The number of hydrogen-bond donors (Lipinski definition) is 0. The zero-order valence-electron chi connectivity index (χ0n) is 13.6. The lowest BCUT2D eigenvalue weighted by atomic mass is 9.96. The number of hydroxylamine groups is 2. The zero-order chi connectivity index (χ0) is 15.2. The van der Waals surface area contributed by atoms with Crippen molar-refractivity contribution in [3.63, 3.8) is 0 Å². The largest absolute Gasteiger partial charge is 0.291 e. The van der Waals surface area contributed by atoms with Gasteiger partial charge >= 0.3 is 0 Å². The van der Waals surface area contributed by atoms with Gasteiger partial charge in [-0.1, -0.05) is 69.8 Å². The van der Waals surface area contributed by atoms with Gasteiger partial charge in [0.2, 0.25) is 0 Å². The standard InChI is InChI=1S/C19H27NO.CH4/c1-15(2)19(18-13-9-6-10-14-18)20(4)21-16(3)17-11-7-5-8-12-17;/h6-7,9-16,19H,5,8H2,1-4H3;1H4. The molecule has 2 heteroatoms. The molecule has 2 unspecified atom stereocenters. The summed E-state index contributed by atoms with van der Waals surface area (Å²) in [7, 11) is 2.04. The van der Waals surface area contributed by atoms with Gasteiger partial charge in [-0.2, -0.15) is 5.06 Å². The van der Waals surface area contributed by atoms with Crippen molar-refractivity contribution < 1.29 is 4.84 Å². The number of allylic oxidation sites excluding steroid dienone is 2. The Morgan fingerprint density at radius 2 is 1.73 bits per heavy atom. The molecule has 0 saturated heterocycles. The van der Waals surface area contributed by atoms with Crippen LogP contribution in [-0.4, -0.2) is 18.2 Å². The zero-order valence-corrected chi connectivity index (χ0v) is 13.6. The molecule has 0 radical (unpaired) electrons. The molecule has 0 amide bonds. The van der Waals surface area contributed by atoms with Crippen LogP contribution in [0.25, 0.3) is 0 Å². The third-order valence-electron chi connectivity index (χ3n) is 3.98. The van der Waals surface area contributed by atoms with E-state index < -0.39 is 0 Å². The first-order chi connectivity index (χ1) is 10.1. The maximum Gasteiger partial charge on any atom is 0.101 e. The van der Waals surface area contributed by atoms with Gasteiger partial charge in [-0.15, -0.1) is 0 Å². The normalized spacial score (nSPS) is 17.1. The van der Waals surface area contributed by atoms with E-state index in [-0.39, 0.29) is 19.6 Å². The van der Waals surface area contributed by atoms with Crippen molar-refractivity contribution in [1.82, 2.24) is 5.06 Å². The van der Waals surface area contributed by atoms with Crippen LogP contribution in [0.1, 0.15) is 52.6 Å². The fourth-order valence-electron chi connectivity index (χ4n) is 2.98. The van der Waals surface area contributed by atoms with E-state index in [1.165, 1.54) is 11.1 Å². The first-order valence-electron chi connectivity index (χ1n) is 7.90. The lowest BCUT2D eigenvalue weighted by Gasteiger charge is -2.33. The van der Waals surface area contributed by atoms with Gasteiger partial charge in [0.25, 0.3) is 0 Å². The van der Waals surface area contributed by atoms with E-state index in [2.05, 4.69) is 69.3 Å². The predicted molar refractivity (Wildman–Crippen MR) is 95.5 cm³/mol. The van der Waals surface area contributed by atoms with Gasteiger partial charge in [-0.3, -0.25) is 4.84 Å². The van der Waals surface area contributed by atoms with Gasteiger partial charge in [0.1, 0.15) is 6.10 Å². The van der Waals surface area contributed by atoms with Crippen molar-refractivity contribution in [2.24, 2.45) is 5.92 Å².